The fraction of sp³-hybridized carbons (Fsp3) is 0.857. The van der Waals surface area contributed by atoms with Crippen molar-refractivity contribution >= 4 is 0 Å². The molecule has 18 heavy (non-hydrogen) atoms. The van der Waals surface area contributed by atoms with Crippen LogP contribution in [0.3, 0.4) is 0 Å². The van der Waals surface area contributed by atoms with E-state index in [0.29, 0.717) is 12.1 Å². The molecule has 1 N–H and O–H groups in total. The number of hydrogen-bond acceptors (Lipinski definition) is 3. The molecule has 4 heteroatoms. The van der Waals surface area contributed by atoms with Gasteiger partial charge in [-0.25, -0.2) is 9.67 Å². The highest BCUT2D eigenvalue weighted by molar-refractivity contribution is 4.86. The maximum Gasteiger partial charge on any atom is 0.164 e. The van der Waals surface area contributed by atoms with Gasteiger partial charge in [0.05, 0.1) is 12.6 Å². The molecule has 4 nitrogen and oxygen atoms in total. The third-order valence-corrected chi connectivity index (χ3v) is 4.17. The Morgan fingerprint density at radius 3 is 2.78 bits per heavy atom. The summed E-state index contributed by atoms with van der Waals surface area (Å²) >= 11 is 0. The molecular weight excluding hydrogens is 224 g/mol. The Hall–Kier alpha value is -0.900. The molecule has 0 aliphatic heterocycles. The third kappa shape index (κ3) is 3.31. The first-order valence-electron chi connectivity index (χ1n) is 7.19. The van der Waals surface area contributed by atoms with Crippen molar-refractivity contribution in [3.05, 3.63) is 12.2 Å². The molecule has 1 aliphatic rings. The van der Waals surface area contributed by atoms with Crippen LogP contribution in [0.2, 0.25) is 0 Å². The lowest BCUT2D eigenvalue weighted by atomic mass is 9.79. The van der Waals surface area contributed by atoms with Crippen LogP contribution in [-0.2, 0) is 6.54 Å². The Labute approximate surface area is 110 Å². The molecule has 1 heterocycles. The van der Waals surface area contributed by atoms with Crippen LogP contribution in [0.25, 0.3) is 0 Å². The number of aromatic nitrogens is 3. The van der Waals surface area contributed by atoms with Crippen molar-refractivity contribution in [2.24, 2.45) is 11.8 Å². The van der Waals surface area contributed by atoms with E-state index in [4.69, 9.17) is 0 Å². The topological polar surface area (TPSA) is 42.7 Å². The summed E-state index contributed by atoms with van der Waals surface area (Å²) in [4.78, 5) is 4.40. The molecule has 1 aromatic rings. The second-order valence-corrected chi connectivity index (χ2v) is 6.10. The first-order chi connectivity index (χ1) is 8.56. The maximum absolute atomic E-state index is 4.61. The minimum atomic E-state index is 0.479. The quantitative estimate of drug-likeness (QED) is 0.893. The monoisotopic (exact) mass is 250 g/mol. The van der Waals surface area contributed by atoms with Crippen molar-refractivity contribution < 1.29 is 0 Å². The van der Waals surface area contributed by atoms with Crippen LogP contribution in [-0.4, -0.2) is 20.8 Å². The predicted molar refractivity (Wildman–Crippen MR) is 73.2 cm³/mol. The van der Waals surface area contributed by atoms with Crippen molar-refractivity contribution in [3.63, 3.8) is 0 Å². The second-order valence-electron chi connectivity index (χ2n) is 6.10. The fourth-order valence-electron chi connectivity index (χ4n) is 2.62. The van der Waals surface area contributed by atoms with E-state index in [1.165, 1.54) is 19.3 Å². The van der Waals surface area contributed by atoms with E-state index in [2.05, 4.69) is 47.8 Å². The van der Waals surface area contributed by atoms with E-state index in [1.807, 2.05) is 6.33 Å². The highest BCUT2D eigenvalue weighted by atomic mass is 15.3. The molecule has 3 atom stereocenters. The van der Waals surface area contributed by atoms with Crippen molar-refractivity contribution in [3.8, 4) is 0 Å². The van der Waals surface area contributed by atoms with Gasteiger partial charge in [-0.15, -0.1) is 0 Å². The van der Waals surface area contributed by atoms with E-state index in [-0.39, 0.29) is 0 Å². The van der Waals surface area contributed by atoms with Gasteiger partial charge < -0.3 is 5.32 Å². The lowest BCUT2D eigenvalue weighted by Crippen LogP contribution is -2.24. The lowest BCUT2D eigenvalue weighted by molar-refractivity contribution is 0.200. The average molecular weight is 250 g/mol. The number of rotatable bonds is 4. The summed E-state index contributed by atoms with van der Waals surface area (Å²) in [5.74, 6) is 2.56. The SMILES string of the molecule is CC(C)NCc1ncn(C2CCC(C)C(C)C2)n1. The number of nitrogens with one attached hydrogen (secondary N) is 1. The van der Waals surface area contributed by atoms with Crippen LogP contribution in [0.15, 0.2) is 6.33 Å². The molecule has 0 bridgehead atoms. The zero-order chi connectivity index (χ0) is 13.1. The van der Waals surface area contributed by atoms with Gasteiger partial charge in [-0.3, -0.25) is 0 Å². The molecule has 0 radical (unpaired) electrons. The number of nitrogens with zero attached hydrogens (tertiary/aromatic N) is 3. The molecule has 1 fully saturated rings. The summed E-state index contributed by atoms with van der Waals surface area (Å²) in [6.45, 7) is 9.76. The minimum absolute atomic E-state index is 0.479. The van der Waals surface area contributed by atoms with Crippen molar-refractivity contribution in [2.75, 3.05) is 0 Å². The van der Waals surface area contributed by atoms with Crippen LogP contribution >= 0.6 is 0 Å². The lowest BCUT2D eigenvalue weighted by Gasteiger charge is -2.31. The molecular formula is C14H26N4. The Morgan fingerprint density at radius 1 is 1.33 bits per heavy atom. The second kappa shape index (κ2) is 5.83. The summed E-state index contributed by atoms with van der Waals surface area (Å²) in [5, 5.41) is 7.96. The van der Waals surface area contributed by atoms with Crippen molar-refractivity contribution in [1.82, 2.24) is 20.1 Å². The minimum Gasteiger partial charge on any atom is -0.308 e. The van der Waals surface area contributed by atoms with Crippen LogP contribution < -0.4 is 5.32 Å². The highest BCUT2D eigenvalue weighted by Crippen LogP contribution is 2.35. The van der Waals surface area contributed by atoms with Crippen LogP contribution in [0.4, 0.5) is 0 Å². The van der Waals surface area contributed by atoms with E-state index in [0.717, 1.165) is 24.2 Å². The van der Waals surface area contributed by atoms with E-state index in [1.54, 1.807) is 0 Å². The summed E-state index contributed by atoms with van der Waals surface area (Å²) in [6, 6.07) is 1.03. The first-order valence-corrected chi connectivity index (χ1v) is 7.19. The number of hydrogen-bond donors (Lipinski definition) is 1. The van der Waals surface area contributed by atoms with Crippen LogP contribution in [0.1, 0.15) is 58.8 Å². The molecule has 102 valence electrons. The van der Waals surface area contributed by atoms with Gasteiger partial charge in [0.15, 0.2) is 5.82 Å². The zero-order valence-corrected chi connectivity index (χ0v) is 12.1. The Morgan fingerprint density at radius 2 is 2.11 bits per heavy atom. The van der Waals surface area contributed by atoms with Gasteiger partial charge in [0.1, 0.15) is 6.33 Å². The molecule has 0 amide bonds. The van der Waals surface area contributed by atoms with Gasteiger partial charge in [-0.1, -0.05) is 27.7 Å². The summed E-state index contributed by atoms with van der Waals surface area (Å²) in [5.41, 5.74) is 0. The summed E-state index contributed by atoms with van der Waals surface area (Å²) in [6.07, 6.45) is 5.70. The Kier molecular flexibility index (Phi) is 4.38. The molecule has 0 aromatic carbocycles. The third-order valence-electron chi connectivity index (χ3n) is 4.17. The molecule has 0 saturated heterocycles. The normalized spacial score (nSPS) is 28.8. The fourth-order valence-corrected chi connectivity index (χ4v) is 2.62. The zero-order valence-electron chi connectivity index (χ0n) is 12.1. The largest absolute Gasteiger partial charge is 0.308 e. The van der Waals surface area contributed by atoms with E-state index in [9.17, 15) is 0 Å². The van der Waals surface area contributed by atoms with Crippen molar-refractivity contribution in [2.45, 2.75) is 65.6 Å². The van der Waals surface area contributed by atoms with Gasteiger partial charge in [0.25, 0.3) is 0 Å². The molecule has 1 aromatic heterocycles. The van der Waals surface area contributed by atoms with Gasteiger partial charge in [0, 0.05) is 6.04 Å². The van der Waals surface area contributed by atoms with Crippen molar-refractivity contribution in [1.29, 1.82) is 0 Å². The van der Waals surface area contributed by atoms with Gasteiger partial charge in [-0.2, -0.15) is 5.10 Å². The summed E-state index contributed by atoms with van der Waals surface area (Å²) < 4.78 is 2.08. The standard InChI is InChI=1S/C14H26N4/c1-10(2)15-8-14-16-9-18(17-14)13-6-5-11(3)12(4)7-13/h9-13,15H,5-8H2,1-4H3. The average Bonchev–Trinajstić information content (AvgIpc) is 2.79. The van der Waals surface area contributed by atoms with E-state index >= 15 is 0 Å². The maximum atomic E-state index is 4.61. The molecule has 3 unspecified atom stereocenters. The van der Waals surface area contributed by atoms with Crippen LogP contribution in [0, 0.1) is 11.8 Å². The molecule has 1 aliphatic carbocycles. The molecule has 1 saturated carbocycles. The predicted octanol–water partition coefficient (Wildman–Crippen LogP) is 2.77. The van der Waals surface area contributed by atoms with Gasteiger partial charge in [0.2, 0.25) is 0 Å². The van der Waals surface area contributed by atoms with Gasteiger partial charge >= 0.3 is 0 Å². The Balaban J connectivity index is 1.93. The highest BCUT2D eigenvalue weighted by Gasteiger charge is 2.26. The van der Waals surface area contributed by atoms with Gasteiger partial charge in [-0.05, 0) is 31.1 Å². The van der Waals surface area contributed by atoms with E-state index < -0.39 is 0 Å². The smallest absolute Gasteiger partial charge is 0.164 e. The summed E-state index contributed by atoms with van der Waals surface area (Å²) in [7, 11) is 0. The first kappa shape index (κ1) is 13.5. The molecule has 2 rings (SSSR count). The Bertz CT molecular complexity index is 372. The van der Waals surface area contributed by atoms with Crippen LogP contribution in [0.5, 0.6) is 0 Å². The molecule has 0 spiro atoms.